The molecule has 0 fully saturated rings. The van der Waals surface area contributed by atoms with Gasteiger partial charge in [0.25, 0.3) is 0 Å². The van der Waals surface area contributed by atoms with Gasteiger partial charge >= 0.3 is 0 Å². The van der Waals surface area contributed by atoms with Crippen LogP contribution in [0.15, 0.2) is 0 Å². The maximum atomic E-state index is 2.75. The lowest BCUT2D eigenvalue weighted by Crippen LogP contribution is -2.34. The highest BCUT2D eigenvalue weighted by molar-refractivity contribution is 6.34. The summed E-state index contributed by atoms with van der Waals surface area (Å²) in [6.07, 6.45) is 2.86. The van der Waals surface area contributed by atoms with Crippen molar-refractivity contribution in [2.75, 3.05) is 6.54 Å². The number of nitrogens with zero attached hydrogens (tertiary/aromatic N) is 1. The van der Waals surface area contributed by atoms with Gasteiger partial charge in [-0.05, 0) is 19.0 Å². The van der Waals surface area contributed by atoms with Gasteiger partial charge in [0.2, 0.25) is 0 Å². The lowest BCUT2D eigenvalue weighted by molar-refractivity contribution is 0.370. The second-order valence-corrected chi connectivity index (χ2v) is 7.86. The fourth-order valence-electron chi connectivity index (χ4n) is 1.66. The lowest BCUT2D eigenvalue weighted by Gasteiger charge is -2.25. The molecule has 0 aliphatic rings. The summed E-state index contributed by atoms with van der Waals surface area (Å²) in [5, 5.41) is 0. The molecule has 13 heavy (non-hydrogen) atoms. The maximum Gasteiger partial charge on any atom is 0.0953 e. The van der Waals surface area contributed by atoms with E-state index in [0.717, 1.165) is 6.04 Å². The molecule has 0 aliphatic heterocycles. The van der Waals surface area contributed by atoms with E-state index in [-0.39, 0.29) is 9.68 Å². The second-order valence-electron chi connectivity index (χ2n) is 4.19. The van der Waals surface area contributed by atoms with Gasteiger partial charge in [-0.1, -0.05) is 45.8 Å². The minimum Gasteiger partial charge on any atom is -0.327 e. The molecule has 0 radical (unpaired) electrons. The molecule has 0 N–H and O–H groups in total. The van der Waals surface area contributed by atoms with E-state index in [4.69, 9.17) is 0 Å². The van der Waals surface area contributed by atoms with Gasteiger partial charge in [-0.15, -0.1) is 0 Å². The Morgan fingerprint density at radius 1 is 1.23 bits per heavy atom. The SMILES string of the molecule is CCCN([SiH2]CCC[SiH2]C)C(C)C. The summed E-state index contributed by atoms with van der Waals surface area (Å²) >= 11 is 0. The van der Waals surface area contributed by atoms with Gasteiger partial charge < -0.3 is 4.57 Å². The van der Waals surface area contributed by atoms with E-state index >= 15 is 0 Å². The van der Waals surface area contributed by atoms with Crippen molar-refractivity contribution < 1.29 is 0 Å². The highest BCUT2D eigenvalue weighted by Gasteiger charge is 2.06. The summed E-state index contributed by atoms with van der Waals surface area (Å²) in [5.74, 6) is 0. The molecule has 0 rings (SSSR count). The quantitative estimate of drug-likeness (QED) is 0.441. The van der Waals surface area contributed by atoms with Crippen molar-refractivity contribution in [3.63, 3.8) is 0 Å². The smallest absolute Gasteiger partial charge is 0.0953 e. The molecular weight excluding hydrogens is 190 g/mol. The summed E-state index contributed by atoms with van der Waals surface area (Å²) in [5.41, 5.74) is 0. The topological polar surface area (TPSA) is 3.24 Å². The third-order valence-electron chi connectivity index (χ3n) is 2.54. The Balaban J connectivity index is 3.45. The third kappa shape index (κ3) is 7.46. The van der Waals surface area contributed by atoms with Crippen molar-refractivity contribution in [2.45, 2.75) is 58.3 Å². The van der Waals surface area contributed by atoms with Gasteiger partial charge in [0.1, 0.15) is 0 Å². The molecule has 0 unspecified atom stereocenters. The normalized spacial score (nSPS) is 13.4. The molecule has 0 aromatic carbocycles. The van der Waals surface area contributed by atoms with Crippen LogP contribution >= 0.6 is 0 Å². The van der Waals surface area contributed by atoms with E-state index in [1.165, 1.54) is 19.4 Å². The van der Waals surface area contributed by atoms with E-state index in [2.05, 4.69) is 31.9 Å². The Labute approximate surface area is 89.0 Å². The molecule has 0 amide bonds. The van der Waals surface area contributed by atoms with Crippen LogP contribution in [0.1, 0.15) is 33.6 Å². The van der Waals surface area contributed by atoms with Crippen LogP contribution in [0.4, 0.5) is 0 Å². The molecule has 0 spiro atoms. The summed E-state index contributed by atoms with van der Waals surface area (Å²) < 4.78 is 2.75. The van der Waals surface area contributed by atoms with Crippen LogP contribution in [-0.4, -0.2) is 36.4 Å². The van der Waals surface area contributed by atoms with Crippen LogP contribution in [0.5, 0.6) is 0 Å². The largest absolute Gasteiger partial charge is 0.327 e. The Kier molecular flexibility index (Phi) is 9.24. The molecule has 0 heterocycles. The zero-order valence-corrected chi connectivity index (χ0v) is 12.8. The van der Waals surface area contributed by atoms with Crippen molar-refractivity contribution in [1.82, 2.24) is 4.57 Å². The van der Waals surface area contributed by atoms with Gasteiger partial charge in [0, 0.05) is 9.52 Å². The van der Waals surface area contributed by atoms with Gasteiger partial charge in [0.15, 0.2) is 0 Å². The highest BCUT2D eigenvalue weighted by atomic mass is 28.2. The van der Waals surface area contributed by atoms with Crippen LogP contribution in [0.2, 0.25) is 18.6 Å². The zero-order valence-electron chi connectivity index (χ0n) is 9.97. The number of hydrogen-bond acceptors (Lipinski definition) is 1. The Hall–Kier alpha value is 0.394. The molecule has 3 heteroatoms. The third-order valence-corrected chi connectivity index (χ3v) is 6.18. The van der Waals surface area contributed by atoms with Crippen LogP contribution in [0.25, 0.3) is 0 Å². The predicted octanol–water partition coefficient (Wildman–Crippen LogP) is 1.63. The average Bonchev–Trinajstić information content (AvgIpc) is 2.10. The summed E-state index contributed by atoms with van der Waals surface area (Å²) in [4.78, 5) is 0. The number of hydrogen-bond donors (Lipinski definition) is 0. The Bertz CT molecular complexity index is 107. The minimum absolute atomic E-state index is 0.102. The number of rotatable bonds is 8. The summed E-state index contributed by atoms with van der Waals surface area (Å²) in [6.45, 7) is 10.7. The highest BCUT2D eigenvalue weighted by Crippen LogP contribution is 2.03. The van der Waals surface area contributed by atoms with Gasteiger partial charge in [0.05, 0.1) is 9.68 Å². The van der Waals surface area contributed by atoms with Crippen molar-refractivity contribution in [1.29, 1.82) is 0 Å². The fourth-order valence-corrected chi connectivity index (χ4v) is 5.26. The molecule has 0 saturated heterocycles. The standard InChI is InChI=1S/C10H27NSi2/c1-5-7-11(10(2)3)13-9-6-8-12-4/h10H,5-9,12-13H2,1-4H3. The van der Waals surface area contributed by atoms with Gasteiger partial charge in [-0.3, -0.25) is 0 Å². The van der Waals surface area contributed by atoms with E-state index in [1.54, 1.807) is 12.1 Å². The maximum absolute atomic E-state index is 2.75. The lowest BCUT2D eigenvalue weighted by atomic mass is 10.4. The van der Waals surface area contributed by atoms with Crippen LogP contribution in [-0.2, 0) is 0 Å². The summed E-state index contributed by atoms with van der Waals surface area (Å²) in [6, 6.07) is 3.93. The van der Waals surface area contributed by atoms with E-state index in [0.29, 0.717) is 9.52 Å². The van der Waals surface area contributed by atoms with Gasteiger partial charge in [-0.25, -0.2) is 0 Å². The average molecular weight is 218 g/mol. The first-order chi connectivity index (χ1) is 6.22. The molecule has 0 saturated carbocycles. The Morgan fingerprint density at radius 2 is 1.92 bits per heavy atom. The van der Waals surface area contributed by atoms with Crippen molar-refractivity contribution in [3.8, 4) is 0 Å². The fraction of sp³-hybridized carbons (Fsp3) is 1.00. The van der Waals surface area contributed by atoms with Crippen molar-refractivity contribution in [3.05, 3.63) is 0 Å². The summed E-state index contributed by atoms with van der Waals surface area (Å²) in [7, 11) is 0.444. The molecule has 80 valence electrons. The van der Waals surface area contributed by atoms with Crippen molar-refractivity contribution >= 4 is 19.2 Å². The van der Waals surface area contributed by atoms with Crippen molar-refractivity contribution in [2.24, 2.45) is 0 Å². The van der Waals surface area contributed by atoms with E-state index < -0.39 is 0 Å². The van der Waals surface area contributed by atoms with Crippen LogP contribution in [0.3, 0.4) is 0 Å². The molecule has 1 nitrogen and oxygen atoms in total. The monoisotopic (exact) mass is 217 g/mol. The van der Waals surface area contributed by atoms with Crippen LogP contribution < -0.4 is 0 Å². The van der Waals surface area contributed by atoms with Gasteiger partial charge in [-0.2, -0.15) is 0 Å². The minimum atomic E-state index is 0.102. The molecule has 0 aromatic rings. The first-order valence-electron chi connectivity index (χ1n) is 5.96. The molecular formula is C10H27NSi2. The molecule has 0 bridgehead atoms. The first-order valence-corrected chi connectivity index (χ1v) is 10.0. The molecule has 0 atom stereocenters. The molecule has 0 aromatic heterocycles. The van der Waals surface area contributed by atoms with Crippen LogP contribution in [0, 0.1) is 0 Å². The first kappa shape index (κ1) is 13.4. The second kappa shape index (κ2) is 8.97. The predicted molar refractivity (Wildman–Crippen MR) is 69.3 cm³/mol. The zero-order chi connectivity index (χ0) is 10.1. The Morgan fingerprint density at radius 3 is 2.38 bits per heavy atom. The molecule has 0 aliphatic carbocycles. The van der Waals surface area contributed by atoms with E-state index in [1.807, 2.05) is 0 Å². The van der Waals surface area contributed by atoms with E-state index in [9.17, 15) is 0 Å².